The standard InChI is InChI=1S/C19H20O2/c20-14-16-10-6-12-19-18(16)13-17(21-19)11-5-4-9-15-7-2-1-3-8-15/h1-3,6-8,10,12-13,20H,4-5,9,11,14H2. The van der Waals surface area contributed by atoms with Crippen LogP contribution in [0.2, 0.25) is 0 Å². The molecule has 2 nitrogen and oxygen atoms in total. The molecule has 0 saturated carbocycles. The number of fused-ring (bicyclic) bond motifs is 1. The number of hydrogen-bond donors (Lipinski definition) is 1. The van der Waals surface area contributed by atoms with Crippen molar-refractivity contribution in [3.63, 3.8) is 0 Å². The summed E-state index contributed by atoms with van der Waals surface area (Å²) in [5.41, 5.74) is 3.20. The Hall–Kier alpha value is -2.06. The van der Waals surface area contributed by atoms with Crippen molar-refractivity contribution in [1.82, 2.24) is 0 Å². The zero-order valence-electron chi connectivity index (χ0n) is 12.1. The van der Waals surface area contributed by atoms with Crippen molar-refractivity contribution in [2.75, 3.05) is 0 Å². The van der Waals surface area contributed by atoms with Crippen LogP contribution in [0.1, 0.15) is 29.7 Å². The number of rotatable bonds is 6. The maximum atomic E-state index is 9.34. The lowest BCUT2D eigenvalue weighted by Gasteiger charge is -2.00. The van der Waals surface area contributed by atoms with E-state index in [2.05, 4.69) is 36.4 Å². The maximum absolute atomic E-state index is 9.34. The molecule has 0 amide bonds. The molecule has 0 saturated heterocycles. The predicted molar refractivity (Wildman–Crippen MR) is 85.2 cm³/mol. The molecular formula is C19H20O2. The molecular weight excluding hydrogens is 260 g/mol. The molecule has 0 aliphatic heterocycles. The highest BCUT2D eigenvalue weighted by Gasteiger charge is 2.07. The fraction of sp³-hybridized carbons (Fsp3) is 0.263. The van der Waals surface area contributed by atoms with Gasteiger partial charge in [0.05, 0.1) is 6.61 Å². The number of hydrogen-bond acceptors (Lipinski definition) is 2. The summed E-state index contributed by atoms with van der Waals surface area (Å²) in [5, 5.41) is 10.4. The molecule has 0 fully saturated rings. The molecule has 0 unspecified atom stereocenters. The third kappa shape index (κ3) is 3.34. The van der Waals surface area contributed by atoms with E-state index in [4.69, 9.17) is 4.42 Å². The summed E-state index contributed by atoms with van der Waals surface area (Å²) in [5.74, 6) is 1.01. The largest absolute Gasteiger partial charge is 0.461 e. The molecule has 1 N–H and O–H groups in total. The summed E-state index contributed by atoms with van der Waals surface area (Å²) < 4.78 is 5.85. The number of aliphatic hydroxyl groups excluding tert-OH is 1. The maximum Gasteiger partial charge on any atom is 0.134 e. The van der Waals surface area contributed by atoms with Crippen LogP contribution in [0.15, 0.2) is 59.0 Å². The van der Waals surface area contributed by atoms with Gasteiger partial charge in [-0.3, -0.25) is 0 Å². The SMILES string of the molecule is OCc1cccc2oc(CCCCc3ccccc3)cc12. The van der Waals surface area contributed by atoms with Gasteiger partial charge in [-0.05, 0) is 42.5 Å². The van der Waals surface area contributed by atoms with Gasteiger partial charge in [-0.1, -0.05) is 42.5 Å². The smallest absolute Gasteiger partial charge is 0.134 e. The van der Waals surface area contributed by atoms with Gasteiger partial charge < -0.3 is 9.52 Å². The summed E-state index contributed by atoms with van der Waals surface area (Å²) in [4.78, 5) is 0. The molecule has 3 aromatic rings. The average molecular weight is 280 g/mol. The minimum atomic E-state index is 0.0598. The second-order valence-corrected chi connectivity index (χ2v) is 5.39. The van der Waals surface area contributed by atoms with Gasteiger partial charge in [-0.25, -0.2) is 0 Å². The second-order valence-electron chi connectivity index (χ2n) is 5.39. The fourth-order valence-corrected chi connectivity index (χ4v) is 2.71. The van der Waals surface area contributed by atoms with E-state index in [1.807, 2.05) is 18.2 Å². The van der Waals surface area contributed by atoms with Crippen molar-refractivity contribution in [1.29, 1.82) is 0 Å². The van der Waals surface area contributed by atoms with Crippen molar-refractivity contribution >= 4 is 11.0 Å². The highest BCUT2D eigenvalue weighted by molar-refractivity contribution is 5.81. The average Bonchev–Trinajstić information content (AvgIpc) is 2.95. The van der Waals surface area contributed by atoms with Crippen LogP contribution in [0.3, 0.4) is 0 Å². The molecule has 21 heavy (non-hydrogen) atoms. The second kappa shape index (κ2) is 6.59. The lowest BCUT2D eigenvalue weighted by Crippen LogP contribution is -1.87. The Bertz CT molecular complexity index is 698. The predicted octanol–water partition coefficient (Wildman–Crippen LogP) is 4.49. The zero-order chi connectivity index (χ0) is 14.5. The summed E-state index contributed by atoms with van der Waals surface area (Å²) >= 11 is 0. The van der Waals surface area contributed by atoms with Crippen molar-refractivity contribution in [3.05, 3.63) is 71.5 Å². The Kier molecular flexibility index (Phi) is 4.37. The van der Waals surface area contributed by atoms with Crippen LogP contribution < -0.4 is 0 Å². The fourth-order valence-electron chi connectivity index (χ4n) is 2.71. The topological polar surface area (TPSA) is 33.4 Å². The Morgan fingerprint density at radius 1 is 0.857 bits per heavy atom. The van der Waals surface area contributed by atoms with Crippen LogP contribution in [0.5, 0.6) is 0 Å². The number of aryl methyl sites for hydroxylation is 2. The van der Waals surface area contributed by atoms with Crippen molar-refractivity contribution < 1.29 is 9.52 Å². The summed E-state index contributed by atoms with van der Waals surface area (Å²) in [6.07, 6.45) is 4.34. The first kappa shape index (κ1) is 13.9. The lowest BCUT2D eigenvalue weighted by molar-refractivity contribution is 0.283. The van der Waals surface area contributed by atoms with E-state index in [-0.39, 0.29) is 6.61 Å². The first-order chi connectivity index (χ1) is 10.4. The van der Waals surface area contributed by atoms with Crippen molar-refractivity contribution in [2.45, 2.75) is 32.3 Å². The Balaban J connectivity index is 1.58. The number of benzene rings is 2. The monoisotopic (exact) mass is 280 g/mol. The molecule has 2 heteroatoms. The van der Waals surface area contributed by atoms with E-state index in [0.29, 0.717) is 0 Å². The molecule has 0 atom stereocenters. The summed E-state index contributed by atoms with van der Waals surface area (Å²) in [6.45, 7) is 0.0598. The van der Waals surface area contributed by atoms with E-state index in [1.54, 1.807) is 0 Å². The van der Waals surface area contributed by atoms with E-state index in [9.17, 15) is 5.11 Å². The quantitative estimate of drug-likeness (QED) is 0.675. The van der Waals surface area contributed by atoms with Crippen LogP contribution in [0.4, 0.5) is 0 Å². The van der Waals surface area contributed by atoms with Gasteiger partial charge in [0.15, 0.2) is 0 Å². The molecule has 1 aromatic heterocycles. The highest BCUT2D eigenvalue weighted by Crippen LogP contribution is 2.24. The molecule has 108 valence electrons. The van der Waals surface area contributed by atoms with Gasteiger partial charge in [0.25, 0.3) is 0 Å². The van der Waals surface area contributed by atoms with Gasteiger partial charge in [-0.15, -0.1) is 0 Å². The van der Waals surface area contributed by atoms with Gasteiger partial charge in [0.2, 0.25) is 0 Å². The van der Waals surface area contributed by atoms with Crippen molar-refractivity contribution in [3.8, 4) is 0 Å². The molecule has 1 heterocycles. The normalized spacial score (nSPS) is 11.1. The third-order valence-electron chi connectivity index (χ3n) is 3.85. The van der Waals surface area contributed by atoms with E-state index < -0.39 is 0 Å². The highest BCUT2D eigenvalue weighted by atomic mass is 16.3. The molecule has 0 spiro atoms. The Labute approximate surface area is 125 Å². The number of aliphatic hydroxyl groups is 1. The first-order valence-corrected chi connectivity index (χ1v) is 7.52. The van der Waals surface area contributed by atoms with Crippen molar-refractivity contribution in [2.24, 2.45) is 0 Å². The molecule has 0 aliphatic rings. The Morgan fingerprint density at radius 3 is 2.48 bits per heavy atom. The van der Waals surface area contributed by atoms with E-state index >= 15 is 0 Å². The number of unbranched alkanes of at least 4 members (excludes halogenated alkanes) is 1. The van der Waals surface area contributed by atoms with Crippen LogP contribution in [0.25, 0.3) is 11.0 Å². The summed E-state index contributed by atoms with van der Waals surface area (Å²) in [6, 6.07) is 18.5. The van der Waals surface area contributed by atoms with Gasteiger partial charge in [-0.2, -0.15) is 0 Å². The van der Waals surface area contributed by atoms with Gasteiger partial charge >= 0.3 is 0 Å². The molecule has 0 radical (unpaired) electrons. The number of furan rings is 1. The van der Waals surface area contributed by atoms with E-state index in [1.165, 1.54) is 5.56 Å². The lowest BCUT2D eigenvalue weighted by atomic mass is 10.1. The first-order valence-electron chi connectivity index (χ1n) is 7.52. The minimum absolute atomic E-state index is 0.0598. The minimum Gasteiger partial charge on any atom is -0.461 e. The molecule has 0 bridgehead atoms. The molecule has 0 aliphatic carbocycles. The van der Waals surface area contributed by atoms with Crippen LogP contribution in [-0.4, -0.2) is 5.11 Å². The summed E-state index contributed by atoms with van der Waals surface area (Å²) in [7, 11) is 0. The van der Waals surface area contributed by atoms with E-state index in [0.717, 1.165) is 48.0 Å². The van der Waals surface area contributed by atoms with Gasteiger partial charge in [0, 0.05) is 11.8 Å². The zero-order valence-corrected chi connectivity index (χ0v) is 12.1. The van der Waals surface area contributed by atoms with Crippen LogP contribution in [-0.2, 0) is 19.4 Å². The van der Waals surface area contributed by atoms with Gasteiger partial charge in [0.1, 0.15) is 11.3 Å². The van der Waals surface area contributed by atoms with Crippen LogP contribution in [0, 0.1) is 0 Å². The molecule has 3 rings (SSSR count). The van der Waals surface area contributed by atoms with Crippen LogP contribution >= 0.6 is 0 Å². The third-order valence-corrected chi connectivity index (χ3v) is 3.85. The Morgan fingerprint density at radius 2 is 1.67 bits per heavy atom. The molecule has 2 aromatic carbocycles.